The van der Waals surface area contributed by atoms with Crippen molar-refractivity contribution in [3.8, 4) is 0 Å². The lowest BCUT2D eigenvalue weighted by molar-refractivity contribution is 0.0953. The first-order chi connectivity index (χ1) is 11.9. The normalized spacial score (nSPS) is 13.6. The van der Waals surface area contributed by atoms with Crippen LogP contribution in [0.2, 0.25) is 0 Å². The average molecular weight is 358 g/mol. The van der Waals surface area contributed by atoms with Crippen LogP contribution < -0.4 is 10.2 Å². The molecular formula is C19H22N2O3S. The van der Waals surface area contributed by atoms with Gasteiger partial charge in [0.1, 0.15) is 0 Å². The summed E-state index contributed by atoms with van der Waals surface area (Å²) in [6.45, 7) is 2.46. The topological polar surface area (TPSA) is 66.5 Å². The van der Waals surface area contributed by atoms with Gasteiger partial charge in [0.05, 0.1) is 4.90 Å². The second-order valence-corrected chi connectivity index (χ2v) is 8.29. The standard InChI is InChI=1S/C19H22N2O3S/c1-25(23,24)17-8-4-7-16(14-17)19(22)20-11-5-12-21-13-10-15-6-2-3-9-18(15)21/h2-4,6-9,14H,5,10-13H2,1H3,(H,20,22). The Morgan fingerprint density at radius 3 is 2.76 bits per heavy atom. The number of benzene rings is 2. The number of rotatable bonds is 6. The zero-order chi connectivity index (χ0) is 17.9. The van der Waals surface area contributed by atoms with Gasteiger partial charge < -0.3 is 10.2 Å². The van der Waals surface area contributed by atoms with Gasteiger partial charge in [-0.1, -0.05) is 24.3 Å². The summed E-state index contributed by atoms with van der Waals surface area (Å²) < 4.78 is 23.2. The molecule has 1 aliphatic heterocycles. The van der Waals surface area contributed by atoms with Crippen molar-refractivity contribution < 1.29 is 13.2 Å². The summed E-state index contributed by atoms with van der Waals surface area (Å²) >= 11 is 0. The van der Waals surface area contributed by atoms with Crippen LogP contribution in [0, 0.1) is 0 Å². The van der Waals surface area contributed by atoms with E-state index in [4.69, 9.17) is 0 Å². The molecule has 1 heterocycles. The van der Waals surface area contributed by atoms with Gasteiger partial charge in [-0.05, 0) is 42.7 Å². The zero-order valence-corrected chi connectivity index (χ0v) is 15.1. The Morgan fingerprint density at radius 1 is 1.16 bits per heavy atom. The van der Waals surface area contributed by atoms with Crippen LogP contribution in [-0.4, -0.2) is 40.2 Å². The fourth-order valence-electron chi connectivity index (χ4n) is 3.08. The van der Waals surface area contributed by atoms with Crippen LogP contribution in [0.5, 0.6) is 0 Å². The monoisotopic (exact) mass is 358 g/mol. The van der Waals surface area contributed by atoms with Gasteiger partial charge in [-0.25, -0.2) is 8.42 Å². The Kier molecular flexibility index (Phi) is 5.08. The second-order valence-electron chi connectivity index (χ2n) is 6.28. The maximum atomic E-state index is 12.2. The fourth-order valence-corrected chi connectivity index (χ4v) is 3.75. The molecule has 1 N–H and O–H groups in total. The SMILES string of the molecule is CS(=O)(=O)c1cccc(C(=O)NCCCN2CCc3ccccc32)c1. The lowest BCUT2D eigenvalue weighted by atomic mass is 10.2. The third kappa shape index (κ3) is 4.20. The average Bonchev–Trinajstić information content (AvgIpc) is 3.01. The van der Waals surface area contributed by atoms with Gasteiger partial charge in [-0.15, -0.1) is 0 Å². The maximum Gasteiger partial charge on any atom is 0.251 e. The van der Waals surface area contributed by atoms with E-state index in [1.54, 1.807) is 12.1 Å². The molecule has 2 aromatic carbocycles. The van der Waals surface area contributed by atoms with E-state index in [0.29, 0.717) is 12.1 Å². The van der Waals surface area contributed by atoms with E-state index in [1.165, 1.54) is 23.4 Å². The number of hydrogen-bond donors (Lipinski definition) is 1. The van der Waals surface area contributed by atoms with Crippen molar-refractivity contribution in [3.63, 3.8) is 0 Å². The molecule has 5 nitrogen and oxygen atoms in total. The van der Waals surface area contributed by atoms with E-state index in [9.17, 15) is 13.2 Å². The van der Waals surface area contributed by atoms with E-state index in [0.717, 1.165) is 32.2 Å². The molecule has 0 spiro atoms. The molecule has 0 bridgehead atoms. The number of para-hydroxylation sites is 1. The lowest BCUT2D eigenvalue weighted by Gasteiger charge is -2.19. The van der Waals surface area contributed by atoms with Crippen LogP contribution in [0.4, 0.5) is 5.69 Å². The number of carbonyl (C=O) groups excluding carboxylic acids is 1. The number of carbonyl (C=O) groups is 1. The van der Waals surface area contributed by atoms with Crippen molar-refractivity contribution in [2.45, 2.75) is 17.7 Å². The van der Waals surface area contributed by atoms with Crippen LogP contribution >= 0.6 is 0 Å². The second kappa shape index (κ2) is 7.27. The Bertz CT molecular complexity index is 878. The summed E-state index contributed by atoms with van der Waals surface area (Å²) in [5.74, 6) is -0.243. The highest BCUT2D eigenvalue weighted by molar-refractivity contribution is 7.90. The van der Waals surface area contributed by atoms with Crippen molar-refractivity contribution in [2.75, 3.05) is 30.8 Å². The van der Waals surface area contributed by atoms with Crippen molar-refractivity contribution >= 4 is 21.4 Å². The Labute approximate surface area is 148 Å². The van der Waals surface area contributed by atoms with Gasteiger partial charge in [-0.3, -0.25) is 4.79 Å². The number of hydrogen-bond acceptors (Lipinski definition) is 4. The quantitative estimate of drug-likeness (QED) is 0.805. The van der Waals surface area contributed by atoms with Gasteiger partial charge in [0.25, 0.3) is 5.91 Å². The van der Waals surface area contributed by atoms with Crippen molar-refractivity contribution in [2.24, 2.45) is 0 Å². The number of nitrogens with one attached hydrogen (secondary N) is 1. The molecule has 0 radical (unpaired) electrons. The molecular weight excluding hydrogens is 336 g/mol. The molecule has 132 valence electrons. The summed E-state index contributed by atoms with van der Waals surface area (Å²) in [6, 6.07) is 14.5. The Balaban J connectivity index is 1.51. The van der Waals surface area contributed by atoms with Gasteiger partial charge in [-0.2, -0.15) is 0 Å². The van der Waals surface area contributed by atoms with Crippen LogP contribution in [0.25, 0.3) is 0 Å². The molecule has 0 atom stereocenters. The van der Waals surface area contributed by atoms with E-state index in [-0.39, 0.29) is 10.8 Å². The van der Waals surface area contributed by atoms with Crippen molar-refractivity contribution in [1.29, 1.82) is 0 Å². The molecule has 0 aromatic heterocycles. The van der Waals surface area contributed by atoms with Crippen LogP contribution in [0.1, 0.15) is 22.3 Å². The summed E-state index contributed by atoms with van der Waals surface area (Å²) in [6.07, 6.45) is 3.05. The number of anilines is 1. The minimum Gasteiger partial charge on any atom is -0.371 e. The first-order valence-electron chi connectivity index (χ1n) is 8.36. The zero-order valence-electron chi connectivity index (χ0n) is 14.2. The predicted octanol–water partition coefficient (Wildman–Crippen LogP) is 2.27. The summed E-state index contributed by atoms with van der Waals surface area (Å²) in [5, 5.41) is 2.87. The minimum absolute atomic E-state index is 0.161. The molecule has 0 fully saturated rings. The highest BCUT2D eigenvalue weighted by Crippen LogP contribution is 2.27. The van der Waals surface area contributed by atoms with E-state index >= 15 is 0 Å². The van der Waals surface area contributed by atoms with E-state index in [2.05, 4.69) is 28.4 Å². The smallest absolute Gasteiger partial charge is 0.251 e. The fraction of sp³-hybridized carbons (Fsp3) is 0.316. The van der Waals surface area contributed by atoms with Gasteiger partial charge in [0.2, 0.25) is 0 Å². The molecule has 2 aromatic rings. The molecule has 0 aliphatic carbocycles. The molecule has 0 unspecified atom stereocenters. The molecule has 0 saturated heterocycles. The number of nitrogens with zero attached hydrogens (tertiary/aromatic N) is 1. The summed E-state index contributed by atoms with van der Waals surface area (Å²) in [4.78, 5) is 14.7. The van der Waals surface area contributed by atoms with Gasteiger partial charge >= 0.3 is 0 Å². The number of sulfone groups is 1. The third-order valence-corrected chi connectivity index (χ3v) is 5.51. The van der Waals surface area contributed by atoms with Crippen LogP contribution in [0.15, 0.2) is 53.4 Å². The van der Waals surface area contributed by atoms with Gasteiger partial charge in [0, 0.05) is 37.1 Å². The molecule has 0 saturated carbocycles. The molecule has 6 heteroatoms. The number of fused-ring (bicyclic) bond motifs is 1. The van der Waals surface area contributed by atoms with Crippen molar-refractivity contribution in [1.82, 2.24) is 5.32 Å². The highest BCUT2D eigenvalue weighted by atomic mass is 32.2. The van der Waals surface area contributed by atoms with Crippen molar-refractivity contribution in [3.05, 3.63) is 59.7 Å². The minimum atomic E-state index is -3.31. The molecule has 3 rings (SSSR count). The predicted molar refractivity (Wildman–Crippen MR) is 98.9 cm³/mol. The third-order valence-electron chi connectivity index (χ3n) is 4.40. The highest BCUT2D eigenvalue weighted by Gasteiger charge is 2.17. The Hall–Kier alpha value is -2.34. The van der Waals surface area contributed by atoms with E-state index < -0.39 is 9.84 Å². The lowest BCUT2D eigenvalue weighted by Crippen LogP contribution is -2.29. The Morgan fingerprint density at radius 2 is 1.96 bits per heavy atom. The number of amides is 1. The summed E-state index contributed by atoms with van der Waals surface area (Å²) in [7, 11) is -3.31. The first-order valence-corrected chi connectivity index (χ1v) is 10.3. The maximum absolute atomic E-state index is 12.2. The van der Waals surface area contributed by atoms with E-state index in [1.807, 2.05) is 6.07 Å². The molecule has 1 amide bonds. The molecule has 25 heavy (non-hydrogen) atoms. The van der Waals surface area contributed by atoms with Gasteiger partial charge in [0.15, 0.2) is 9.84 Å². The van der Waals surface area contributed by atoms with Crippen LogP contribution in [-0.2, 0) is 16.3 Å². The van der Waals surface area contributed by atoms with Crippen LogP contribution in [0.3, 0.4) is 0 Å². The first kappa shape index (κ1) is 17.5. The summed E-state index contributed by atoms with van der Waals surface area (Å²) in [5.41, 5.74) is 3.04. The largest absolute Gasteiger partial charge is 0.371 e. The molecule has 1 aliphatic rings.